The number of aryl methyl sites for hydroxylation is 1. The summed E-state index contributed by atoms with van der Waals surface area (Å²) in [6.45, 7) is 5.78. The van der Waals surface area contributed by atoms with E-state index in [1.54, 1.807) is 31.2 Å². The maximum atomic E-state index is 13.6. The number of allylic oxidation sites excluding steroid dienone is 3. The van der Waals surface area contributed by atoms with E-state index in [1.165, 1.54) is 29.5 Å². The van der Waals surface area contributed by atoms with Crippen molar-refractivity contribution in [3.63, 3.8) is 0 Å². The molecule has 1 aliphatic heterocycles. The maximum absolute atomic E-state index is 13.6. The van der Waals surface area contributed by atoms with Crippen molar-refractivity contribution in [1.29, 1.82) is 5.26 Å². The van der Waals surface area contributed by atoms with Gasteiger partial charge in [0.1, 0.15) is 12.4 Å². The van der Waals surface area contributed by atoms with Crippen LogP contribution in [-0.2, 0) is 17.9 Å². The average Bonchev–Trinajstić information content (AvgIpc) is 3.66. The molecule has 1 amide bonds. The van der Waals surface area contributed by atoms with Gasteiger partial charge in [-0.1, -0.05) is 32.0 Å². The molecule has 0 aliphatic carbocycles. The van der Waals surface area contributed by atoms with Crippen LogP contribution < -0.4 is 10.6 Å². The fraction of sp³-hybridized carbons (Fsp3) is 0.250. The number of halogens is 3. The van der Waals surface area contributed by atoms with Gasteiger partial charge < -0.3 is 19.8 Å². The van der Waals surface area contributed by atoms with Crippen LogP contribution in [-0.4, -0.2) is 16.1 Å². The van der Waals surface area contributed by atoms with Crippen molar-refractivity contribution in [2.24, 2.45) is 5.92 Å². The van der Waals surface area contributed by atoms with E-state index in [0.29, 0.717) is 50.4 Å². The van der Waals surface area contributed by atoms with Gasteiger partial charge in [-0.2, -0.15) is 5.26 Å². The predicted molar refractivity (Wildman–Crippen MR) is 157 cm³/mol. The van der Waals surface area contributed by atoms with E-state index in [-0.39, 0.29) is 30.8 Å². The number of carbonyl (C=O) groups is 1. The van der Waals surface area contributed by atoms with Crippen molar-refractivity contribution < 1.29 is 27.1 Å². The van der Waals surface area contributed by atoms with Crippen LogP contribution in [0.15, 0.2) is 76.2 Å². The third-order valence-electron chi connectivity index (χ3n) is 6.77. The number of nitrogens with zero attached hydrogens (tertiary/aromatic N) is 3. The Hall–Kier alpha value is -4.89. The lowest BCUT2D eigenvalue weighted by atomic mass is 9.84. The lowest BCUT2D eigenvalue weighted by Crippen LogP contribution is -2.28. The van der Waals surface area contributed by atoms with E-state index >= 15 is 0 Å². The van der Waals surface area contributed by atoms with Gasteiger partial charge in [0.15, 0.2) is 11.6 Å². The van der Waals surface area contributed by atoms with E-state index in [2.05, 4.69) is 26.9 Å². The third-order valence-corrected chi connectivity index (χ3v) is 7.92. The van der Waals surface area contributed by atoms with Gasteiger partial charge in [-0.3, -0.25) is 4.79 Å². The summed E-state index contributed by atoms with van der Waals surface area (Å²) in [5, 5.41) is 24.6. The first-order chi connectivity index (χ1) is 21.1. The molecule has 0 radical (unpaired) electrons. The molecule has 1 atom stereocenters. The van der Waals surface area contributed by atoms with Crippen LogP contribution in [0.3, 0.4) is 0 Å². The normalized spacial score (nSPS) is 14.9. The fourth-order valence-electron chi connectivity index (χ4n) is 4.73. The molecular formula is C32H28F3N5O3S. The van der Waals surface area contributed by atoms with Crippen LogP contribution in [0.25, 0.3) is 5.57 Å². The standard InChI is InChI=1S/C32H28F3N5O3S/c1-17(2)12-25-22(14-36)28(26-10-11-27(44-26)30(41)37-15-20-6-9-23(34)24(35)13-20)29(32-40-39-18(3)43-32)31(38-25)42-16-19-4-7-21(33)8-5-19/h4-11,13,17,28,38H,12,15-16H2,1-3H3,(H,37,41). The molecule has 3 heterocycles. The second kappa shape index (κ2) is 13.2. The van der Waals surface area contributed by atoms with Gasteiger partial charge in [0, 0.05) is 24.0 Å². The van der Waals surface area contributed by atoms with E-state index in [4.69, 9.17) is 9.15 Å². The third kappa shape index (κ3) is 6.84. The number of amides is 1. The Morgan fingerprint density at radius 1 is 1.09 bits per heavy atom. The summed E-state index contributed by atoms with van der Waals surface area (Å²) in [7, 11) is 0. The summed E-state index contributed by atoms with van der Waals surface area (Å²) in [6, 6.07) is 15.1. The molecule has 0 saturated heterocycles. The number of hydrogen-bond acceptors (Lipinski definition) is 8. The van der Waals surface area contributed by atoms with Crippen molar-refractivity contribution in [1.82, 2.24) is 20.8 Å². The lowest BCUT2D eigenvalue weighted by Gasteiger charge is -2.30. The highest BCUT2D eigenvalue weighted by molar-refractivity contribution is 7.14. The molecule has 0 fully saturated rings. The number of nitrogens with one attached hydrogen (secondary N) is 2. The molecule has 0 saturated carbocycles. The van der Waals surface area contributed by atoms with Gasteiger partial charge >= 0.3 is 0 Å². The molecule has 44 heavy (non-hydrogen) atoms. The monoisotopic (exact) mass is 619 g/mol. The molecule has 1 aliphatic rings. The molecular weight excluding hydrogens is 591 g/mol. The van der Waals surface area contributed by atoms with Crippen LogP contribution in [0, 0.1) is 41.6 Å². The summed E-state index contributed by atoms with van der Waals surface area (Å²) >= 11 is 1.17. The highest BCUT2D eigenvalue weighted by Gasteiger charge is 2.38. The first-order valence-corrected chi connectivity index (χ1v) is 14.6. The average molecular weight is 620 g/mol. The Bertz CT molecular complexity index is 1790. The molecule has 226 valence electrons. The number of hydrogen-bond donors (Lipinski definition) is 2. The second-order valence-corrected chi connectivity index (χ2v) is 11.7. The van der Waals surface area contributed by atoms with Crippen LogP contribution in [0.4, 0.5) is 13.2 Å². The second-order valence-electron chi connectivity index (χ2n) is 10.6. The smallest absolute Gasteiger partial charge is 0.261 e. The largest absolute Gasteiger partial charge is 0.474 e. The van der Waals surface area contributed by atoms with E-state index in [9.17, 15) is 23.2 Å². The van der Waals surface area contributed by atoms with Gasteiger partial charge in [0.2, 0.25) is 17.7 Å². The lowest BCUT2D eigenvalue weighted by molar-refractivity contribution is 0.0955. The van der Waals surface area contributed by atoms with Gasteiger partial charge in [0.25, 0.3) is 5.91 Å². The van der Waals surface area contributed by atoms with Crippen LogP contribution in [0.2, 0.25) is 0 Å². The zero-order valence-corrected chi connectivity index (χ0v) is 24.9. The first-order valence-electron chi connectivity index (χ1n) is 13.8. The van der Waals surface area contributed by atoms with E-state index in [0.717, 1.165) is 17.7 Å². The minimum Gasteiger partial charge on any atom is -0.474 e. The van der Waals surface area contributed by atoms with E-state index < -0.39 is 23.5 Å². The number of rotatable bonds is 10. The summed E-state index contributed by atoms with van der Waals surface area (Å²) in [4.78, 5) is 14.1. The quantitative estimate of drug-likeness (QED) is 0.199. The van der Waals surface area contributed by atoms with Gasteiger partial charge in [0.05, 0.1) is 28.0 Å². The Balaban J connectivity index is 1.52. The fourth-order valence-corrected chi connectivity index (χ4v) is 5.78. The Morgan fingerprint density at radius 3 is 2.50 bits per heavy atom. The van der Waals surface area contributed by atoms with Crippen LogP contribution >= 0.6 is 11.3 Å². The molecule has 5 rings (SSSR count). The van der Waals surface area contributed by atoms with Crippen molar-refractivity contribution in [2.75, 3.05) is 0 Å². The Morgan fingerprint density at radius 2 is 1.84 bits per heavy atom. The van der Waals surface area contributed by atoms with Gasteiger partial charge in [-0.15, -0.1) is 21.5 Å². The number of dihydropyridines is 1. The SMILES string of the molecule is Cc1nnc(C2=C(OCc3ccc(F)cc3)NC(CC(C)C)=C(C#N)C2c2ccc(C(=O)NCc3ccc(F)c(F)c3)s2)o1. The van der Waals surface area contributed by atoms with Crippen LogP contribution in [0.1, 0.15) is 63.6 Å². The molecule has 8 nitrogen and oxygen atoms in total. The van der Waals surface area contributed by atoms with Crippen molar-refractivity contribution in [3.05, 3.63) is 122 Å². The summed E-state index contributed by atoms with van der Waals surface area (Å²) in [6.07, 6.45) is 0.534. The maximum Gasteiger partial charge on any atom is 0.261 e. The minimum absolute atomic E-state index is 0.00765. The summed E-state index contributed by atoms with van der Waals surface area (Å²) in [5.41, 5.74) is 2.61. The first kappa shape index (κ1) is 30.6. The summed E-state index contributed by atoms with van der Waals surface area (Å²) < 4.78 is 52.5. The van der Waals surface area contributed by atoms with Crippen molar-refractivity contribution >= 4 is 22.8 Å². The molecule has 0 spiro atoms. The molecule has 2 aromatic heterocycles. The highest BCUT2D eigenvalue weighted by atomic mass is 32.1. The summed E-state index contributed by atoms with van der Waals surface area (Å²) in [5.74, 6) is -2.53. The van der Waals surface area contributed by atoms with Crippen molar-refractivity contribution in [2.45, 2.75) is 46.3 Å². The molecule has 0 bridgehead atoms. The molecule has 12 heteroatoms. The number of thiophene rings is 1. The van der Waals surface area contributed by atoms with Crippen LogP contribution in [0.5, 0.6) is 0 Å². The Labute approximate surface area is 255 Å². The van der Waals surface area contributed by atoms with Crippen molar-refractivity contribution in [3.8, 4) is 6.07 Å². The number of ether oxygens (including phenoxy) is 1. The van der Waals surface area contributed by atoms with Gasteiger partial charge in [-0.05, 0) is 59.9 Å². The number of carbonyl (C=O) groups excluding carboxylic acids is 1. The van der Waals surface area contributed by atoms with Gasteiger partial charge in [-0.25, -0.2) is 13.2 Å². The minimum atomic E-state index is -0.998. The molecule has 2 aromatic carbocycles. The highest BCUT2D eigenvalue weighted by Crippen LogP contribution is 2.46. The zero-order valence-electron chi connectivity index (χ0n) is 24.1. The topological polar surface area (TPSA) is 113 Å². The number of nitriles is 1. The Kier molecular flexibility index (Phi) is 9.15. The zero-order chi connectivity index (χ0) is 31.4. The number of benzene rings is 2. The molecule has 2 N–H and O–H groups in total. The van der Waals surface area contributed by atoms with E-state index in [1.807, 2.05) is 13.8 Å². The predicted octanol–water partition coefficient (Wildman–Crippen LogP) is 6.88. The molecule has 4 aromatic rings. The molecule has 1 unspecified atom stereocenters. The number of aromatic nitrogens is 2.